The van der Waals surface area contributed by atoms with Crippen LogP contribution in [0.5, 0.6) is 5.75 Å². The first-order valence-electron chi connectivity index (χ1n) is 8.97. The molecule has 1 heterocycles. The third kappa shape index (κ3) is 3.87. The Labute approximate surface area is 170 Å². The van der Waals surface area contributed by atoms with Crippen molar-refractivity contribution in [3.8, 4) is 5.75 Å². The van der Waals surface area contributed by atoms with Gasteiger partial charge in [-0.3, -0.25) is 4.79 Å². The van der Waals surface area contributed by atoms with Gasteiger partial charge in [-0.1, -0.05) is 29.3 Å². The smallest absolute Gasteiger partial charge is 0.257 e. The lowest BCUT2D eigenvalue weighted by molar-refractivity contribution is 0.0695. The Kier molecular flexibility index (Phi) is 5.70. The van der Waals surface area contributed by atoms with Gasteiger partial charge in [0, 0.05) is 31.2 Å². The van der Waals surface area contributed by atoms with Gasteiger partial charge in [0.25, 0.3) is 5.91 Å². The van der Waals surface area contributed by atoms with Gasteiger partial charge in [-0.25, -0.2) is 8.42 Å². The molecule has 6 nitrogen and oxygen atoms in total. The number of carbonyl (C=O) groups is 1. The highest BCUT2D eigenvalue weighted by atomic mass is 35.5. The van der Waals surface area contributed by atoms with Gasteiger partial charge in [-0.05, 0) is 50.1 Å². The molecular weight excluding hydrogens is 400 g/mol. The van der Waals surface area contributed by atoms with Crippen LogP contribution in [0, 0.1) is 20.8 Å². The Bertz CT molecular complexity index is 1010. The minimum Gasteiger partial charge on any atom is -0.507 e. The summed E-state index contributed by atoms with van der Waals surface area (Å²) in [6, 6.07) is 8.02. The maximum absolute atomic E-state index is 13.2. The number of amides is 1. The van der Waals surface area contributed by atoms with Crippen molar-refractivity contribution in [3.63, 3.8) is 0 Å². The summed E-state index contributed by atoms with van der Waals surface area (Å²) >= 11 is 5.92. The highest BCUT2D eigenvalue weighted by Gasteiger charge is 2.32. The largest absolute Gasteiger partial charge is 0.507 e. The van der Waals surface area contributed by atoms with Crippen LogP contribution >= 0.6 is 11.6 Å². The van der Waals surface area contributed by atoms with Gasteiger partial charge < -0.3 is 10.0 Å². The molecule has 2 aromatic carbocycles. The number of aromatic hydroxyl groups is 1. The summed E-state index contributed by atoms with van der Waals surface area (Å²) < 4.78 is 27.7. The Hall–Kier alpha value is -2.09. The lowest BCUT2D eigenvalue weighted by atomic mass is 10.1. The van der Waals surface area contributed by atoms with Crippen LogP contribution in [0.25, 0.3) is 0 Å². The molecule has 0 atom stereocenters. The molecule has 1 amide bonds. The normalized spacial score (nSPS) is 15.6. The fourth-order valence-electron chi connectivity index (χ4n) is 3.68. The number of phenols is 1. The fraction of sp³-hybridized carbons (Fsp3) is 0.350. The van der Waals surface area contributed by atoms with Gasteiger partial charge in [0.1, 0.15) is 5.75 Å². The summed E-state index contributed by atoms with van der Waals surface area (Å²) in [5, 5.41) is 10.3. The molecule has 28 heavy (non-hydrogen) atoms. The quantitative estimate of drug-likeness (QED) is 0.824. The molecule has 2 aromatic rings. The first-order valence-corrected chi connectivity index (χ1v) is 10.8. The van der Waals surface area contributed by atoms with Gasteiger partial charge in [-0.2, -0.15) is 4.31 Å². The van der Waals surface area contributed by atoms with Crippen molar-refractivity contribution in [2.24, 2.45) is 0 Å². The van der Waals surface area contributed by atoms with Crippen LogP contribution in [0.3, 0.4) is 0 Å². The van der Waals surface area contributed by atoms with E-state index < -0.39 is 10.0 Å². The molecule has 1 aliphatic rings. The molecule has 3 rings (SSSR count). The maximum Gasteiger partial charge on any atom is 0.257 e. The molecule has 1 N–H and O–H groups in total. The number of hydrogen-bond donors (Lipinski definition) is 1. The molecule has 150 valence electrons. The van der Waals surface area contributed by atoms with E-state index >= 15 is 0 Å². The van der Waals surface area contributed by atoms with Gasteiger partial charge >= 0.3 is 0 Å². The van der Waals surface area contributed by atoms with E-state index in [0.29, 0.717) is 9.92 Å². The number of halogens is 1. The Morgan fingerprint density at radius 1 is 1.00 bits per heavy atom. The van der Waals surface area contributed by atoms with Crippen LogP contribution < -0.4 is 0 Å². The number of hydrogen-bond acceptors (Lipinski definition) is 4. The first kappa shape index (κ1) is 20.6. The SMILES string of the molecule is Cc1cc(C)c(S(=O)(=O)N2CCN(C(=O)c3cc(Cl)ccc3O)CC2)c(C)c1. The van der Waals surface area contributed by atoms with Gasteiger partial charge in [0.2, 0.25) is 10.0 Å². The van der Waals surface area contributed by atoms with Crippen molar-refractivity contribution < 1.29 is 18.3 Å². The van der Waals surface area contributed by atoms with Crippen LogP contribution in [-0.2, 0) is 10.0 Å². The van der Waals surface area contributed by atoms with Crippen molar-refractivity contribution in [1.29, 1.82) is 0 Å². The average Bonchev–Trinajstić information content (AvgIpc) is 2.62. The summed E-state index contributed by atoms with van der Waals surface area (Å²) in [6.45, 7) is 6.42. The Balaban J connectivity index is 1.78. The number of piperazine rings is 1. The van der Waals surface area contributed by atoms with Crippen LogP contribution in [0.2, 0.25) is 5.02 Å². The zero-order valence-electron chi connectivity index (χ0n) is 16.1. The number of aryl methyl sites for hydroxylation is 3. The minimum absolute atomic E-state index is 0.119. The van der Waals surface area contributed by atoms with E-state index in [1.54, 1.807) is 13.8 Å². The standard InChI is InChI=1S/C20H23ClN2O4S/c1-13-10-14(2)19(15(3)11-13)28(26,27)23-8-6-22(7-9-23)20(25)17-12-16(21)4-5-18(17)24/h4-5,10-12,24H,6-9H2,1-3H3. The second-order valence-electron chi connectivity index (χ2n) is 7.09. The molecular formula is C20H23ClN2O4S. The van der Waals surface area contributed by atoms with Gasteiger partial charge in [-0.15, -0.1) is 0 Å². The molecule has 0 aromatic heterocycles. The fourth-order valence-corrected chi connectivity index (χ4v) is 5.69. The highest BCUT2D eigenvalue weighted by molar-refractivity contribution is 7.89. The predicted octanol–water partition coefficient (Wildman–Crippen LogP) is 3.12. The first-order chi connectivity index (χ1) is 13.1. The second kappa shape index (κ2) is 7.73. The van der Waals surface area contributed by atoms with Gasteiger partial charge in [0.15, 0.2) is 0 Å². The zero-order chi connectivity index (χ0) is 20.6. The van der Waals surface area contributed by atoms with Crippen molar-refractivity contribution in [2.45, 2.75) is 25.7 Å². The molecule has 1 fully saturated rings. The van der Waals surface area contributed by atoms with E-state index in [9.17, 15) is 18.3 Å². The van der Waals surface area contributed by atoms with E-state index in [1.807, 2.05) is 19.1 Å². The Morgan fingerprint density at radius 3 is 2.14 bits per heavy atom. The predicted molar refractivity (Wildman–Crippen MR) is 108 cm³/mol. The van der Waals surface area contributed by atoms with Crippen molar-refractivity contribution in [2.75, 3.05) is 26.2 Å². The van der Waals surface area contributed by atoms with Crippen LogP contribution in [0.4, 0.5) is 0 Å². The molecule has 0 radical (unpaired) electrons. The van der Waals surface area contributed by atoms with E-state index in [4.69, 9.17) is 11.6 Å². The number of rotatable bonds is 3. The molecule has 0 aliphatic carbocycles. The van der Waals surface area contributed by atoms with Crippen molar-refractivity contribution in [3.05, 3.63) is 57.6 Å². The number of phenolic OH excluding ortho intramolecular Hbond substituents is 1. The number of nitrogens with zero attached hydrogens (tertiary/aromatic N) is 2. The molecule has 1 aliphatic heterocycles. The highest BCUT2D eigenvalue weighted by Crippen LogP contribution is 2.27. The van der Waals surface area contributed by atoms with E-state index in [-0.39, 0.29) is 43.4 Å². The van der Waals surface area contributed by atoms with Crippen LogP contribution in [0.15, 0.2) is 35.2 Å². The van der Waals surface area contributed by atoms with Gasteiger partial charge in [0.05, 0.1) is 10.5 Å². The van der Waals surface area contributed by atoms with Crippen LogP contribution in [0.1, 0.15) is 27.0 Å². The molecule has 0 saturated carbocycles. The number of sulfonamides is 1. The third-order valence-electron chi connectivity index (χ3n) is 4.92. The summed E-state index contributed by atoms with van der Waals surface area (Å²) in [4.78, 5) is 14.6. The van der Waals surface area contributed by atoms with Crippen molar-refractivity contribution in [1.82, 2.24) is 9.21 Å². The molecule has 0 bridgehead atoms. The molecule has 0 unspecified atom stereocenters. The van der Waals surface area contributed by atoms with E-state index in [0.717, 1.165) is 16.7 Å². The van der Waals surface area contributed by atoms with Crippen molar-refractivity contribution >= 4 is 27.5 Å². The maximum atomic E-state index is 13.2. The minimum atomic E-state index is -3.64. The summed E-state index contributed by atoms with van der Waals surface area (Å²) in [5.41, 5.74) is 2.58. The monoisotopic (exact) mass is 422 g/mol. The molecule has 0 spiro atoms. The second-order valence-corrected chi connectivity index (χ2v) is 9.40. The van der Waals surface area contributed by atoms with E-state index in [1.165, 1.54) is 27.4 Å². The lowest BCUT2D eigenvalue weighted by Gasteiger charge is -2.34. The summed E-state index contributed by atoms with van der Waals surface area (Å²) in [7, 11) is -3.64. The topological polar surface area (TPSA) is 77.9 Å². The molecule has 1 saturated heterocycles. The van der Waals surface area contributed by atoms with Crippen LogP contribution in [-0.4, -0.2) is 54.8 Å². The van der Waals surface area contributed by atoms with E-state index in [2.05, 4.69) is 0 Å². The summed E-state index contributed by atoms with van der Waals surface area (Å²) in [6.07, 6.45) is 0. The third-order valence-corrected chi connectivity index (χ3v) is 7.36. The zero-order valence-corrected chi connectivity index (χ0v) is 17.6. The summed E-state index contributed by atoms with van der Waals surface area (Å²) in [5.74, 6) is -0.505. The lowest BCUT2D eigenvalue weighted by Crippen LogP contribution is -2.50. The Morgan fingerprint density at radius 2 is 1.57 bits per heavy atom. The molecule has 8 heteroatoms. The average molecular weight is 423 g/mol. The number of benzene rings is 2. The number of carbonyl (C=O) groups excluding carboxylic acids is 1.